The molecule has 0 aliphatic carbocycles. The summed E-state index contributed by atoms with van der Waals surface area (Å²) in [6.07, 6.45) is 0. The smallest absolute Gasteiger partial charge is 0.0429 e. The molecule has 0 unspecified atom stereocenters. The zero-order valence-electron chi connectivity index (χ0n) is 12.6. The molecule has 2 nitrogen and oxygen atoms in total. The first-order valence-electron chi connectivity index (χ1n) is 7.29. The second-order valence-corrected chi connectivity index (χ2v) is 5.51. The molecule has 0 saturated carbocycles. The topological polar surface area (TPSA) is 29.3 Å². The van der Waals surface area contributed by atoms with Crippen LogP contribution in [0.2, 0.25) is 0 Å². The summed E-state index contributed by atoms with van der Waals surface area (Å²) in [6, 6.07) is 17.0. The van der Waals surface area contributed by atoms with Crippen molar-refractivity contribution in [1.82, 2.24) is 0 Å². The lowest BCUT2D eigenvalue weighted by Gasteiger charge is -2.23. The van der Waals surface area contributed by atoms with Gasteiger partial charge in [0.05, 0.1) is 0 Å². The lowest BCUT2D eigenvalue weighted by atomic mass is 10.0. The molecule has 0 saturated heterocycles. The van der Waals surface area contributed by atoms with Crippen LogP contribution in [0.3, 0.4) is 0 Å². The van der Waals surface area contributed by atoms with E-state index in [2.05, 4.69) is 56.0 Å². The second-order valence-electron chi connectivity index (χ2n) is 5.51. The minimum Gasteiger partial charge on any atom is -0.399 e. The van der Waals surface area contributed by atoms with Crippen LogP contribution >= 0.6 is 0 Å². The monoisotopic (exact) mass is 268 g/mol. The van der Waals surface area contributed by atoms with Gasteiger partial charge in [0.1, 0.15) is 0 Å². The SMILES string of the molecule is CCN(Cc1ccc(C(C)C)cc1)c1cccc(N)c1. The molecule has 20 heavy (non-hydrogen) atoms. The van der Waals surface area contributed by atoms with Crippen molar-refractivity contribution in [3.8, 4) is 0 Å². The first-order chi connectivity index (χ1) is 9.60. The van der Waals surface area contributed by atoms with E-state index in [-0.39, 0.29) is 0 Å². The zero-order chi connectivity index (χ0) is 14.5. The van der Waals surface area contributed by atoms with Crippen LogP contribution in [0.15, 0.2) is 48.5 Å². The van der Waals surface area contributed by atoms with Crippen LogP contribution in [0.5, 0.6) is 0 Å². The first kappa shape index (κ1) is 14.4. The Balaban J connectivity index is 2.14. The van der Waals surface area contributed by atoms with Gasteiger partial charge < -0.3 is 10.6 Å². The Morgan fingerprint density at radius 1 is 1.05 bits per heavy atom. The fourth-order valence-corrected chi connectivity index (χ4v) is 2.34. The van der Waals surface area contributed by atoms with Gasteiger partial charge in [0.15, 0.2) is 0 Å². The van der Waals surface area contributed by atoms with Gasteiger partial charge in [-0.2, -0.15) is 0 Å². The average Bonchev–Trinajstić information content (AvgIpc) is 2.45. The van der Waals surface area contributed by atoms with E-state index in [4.69, 9.17) is 5.73 Å². The lowest BCUT2D eigenvalue weighted by Crippen LogP contribution is -2.22. The summed E-state index contributed by atoms with van der Waals surface area (Å²) in [5.74, 6) is 0.584. The lowest BCUT2D eigenvalue weighted by molar-refractivity contribution is 0.826. The summed E-state index contributed by atoms with van der Waals surface area (Å²) < 4.78 is 0. The first-order valence-corrected chi connectivity index (χ1v) is 7.29. The molecule has 0 spiro atoms. The molecular formula is C18H24N2. The van der Waals surface area contributed by atoms with Gasteiger partial charge in [0.25, 0.3) is 0 Å². The molecule has 106 valence electrons. The molecule has 0 aliphatic heterocycles. The average molecular weight is 268 g/mol. The van der Waals surface area contributed by atoms with E-state index in [0.29, 0.717) is 5.92 Å². The molecule has 0 atom stereocenters. The Kier molecular flexibility index (Phi) is 4.67. The Bertz CT molecular complexity index is 544. The molecule has 0 aliphatic rings. The van der Waals surface area contributed by atoms with Crippen LogP contribution in [0.25, 0.3) is 0 Å². The Morgan fingerprint density at radius 3 is 2.30 bits per heavy atom. The van der Waals surface area contributed by atoms with Crippen LogP contribution in [-0.4, -0.2) is 6.54 Å². The maximum atomic E-state index is 5.87. The van der Waals surface area contributed by atoms with E-state index in [0.717, 1.165) is 18.8 Å². The predicted molar refractivity (Wildman–Crippen MR) is 88.1 cm³/mol. The molecule has 0 bridgehead atoms. The van der Waals surface area contributed by atoms with Crippen molar-refractivity contribution in [3.05, 3.63) is 59.7 Å². The predicted octanol–water partition coefficient (Wildman–Crippen LogP) is 4.42. The number of hydrogen-bond donors (Lipinski definition) is 1. The number of nitrogens with two attached hydrogens (primary N) is 1. The van der Waals surface area contributed by atoms with E-state index < -0.39 is 0 Å². The van der Waals surface area contributed by atoms with Crippen molar-refractivity contribution in [1.29, 1.82) is 0 Å². The number of anilines is 2. The minimum absolute atomic E-state index is 0.584. The van der Waals surface area contributed by atoms with Gasteiger partial charge in [-0.05, 0) is 42.2 Å². The third kappa shape index (κ3) is 3.53. The summed E-state index contributed by atoms with van der Waals surface area (Å²) in [5, 5.41) is 0. The number of nitrogens with zero attached hydrogens (tertiary/aromatic N) is 1. The second kappa shape index (κ2) is 6.47. The van der Waals surface area contributed by atoms with Crippen LogP contribution in [0.1, 0.15) is 37.8 Å². The van der Waals surface area contributed by atoms with Crippen LogP contribution in [0.4, 0.5) is 11.4 Å². The van der Waals surface area contributed by atoms with E-state index >= 15 is 0 Å². The van der Waals surface area contributed by atoms with Crippen molar-refractivity contribution in [2.45, 2.75) is 33.2 Å². The van der Waals surface area contributed by atoms with Gasteiger partial charge in [-0.1, -0.05) is 44.2 Å². The number of benzene rings is 2. The van der Waals surface area contributed by atoms with Crippen molar-refractivity contribution in [2.75, 3.05) is 17.2 Å². The van der Waals surface area contributed by atoms with E-state index in [1.54, 1.807) is 0 Å². The summed E-state index contributed by atoms with van der Waals surface area (Å²) in [4.78, 5) is 2.33. The van der Waals surface area contributed by atoms with Gasteiger partial charge in [0, 0.05) is 24.5 Å². The summed E-state index contributed by atoms with van der Waals surface area (Å²) >= 11 is 0. The third-order valence-corrected chi connectivity index (χ3v) is 3.64. The van der Waals surface area contributed by atoms with Gasteiger partial charge in [-0.15, -0.1) is 0 Å². The van der Waals surface area contributed by atoms with Crippen LogP contribution in [-0.2, 0) is 6.54 Å². The highest BCUT2D eigenvalue weighted by molar-refractivity contribution is 5.56. The molecule has 2 N–H and O–H groups in total. The highest BCUT2D eigenvalue weighted by Gasteiger charge is 2.06. The molecule has 0 aromatic heterocycles. The maximum absolute atomic E-state index is 5.87. The molecule has 2 aromatic carbocycles. The molecule has 0 amide bonds. The van der Waals surface area contributed by atoms with Crippen molar-refractivity contribution < 1.29 is 0 Å². The molecule has 0 radical (unpaired) electrons. The number of nitrogen functional groups attached to an aromatic ring is 1. The van der Waals surface area contributed by atoms with Crippen molar-refractivity contribution >= 4 is 11.4 Å². The van der Waals surface area contributed by atoms with Gasteiger partial charge >= 0.3 is 0 Å². The highest BCUT2D eigenvalue weighted by Crippen LogP contribution is 2.21. The maximum Gasteiger partial charge on any atom is 0.0429 e. The highest BCUT2D eigenvalue weighted by atomic mass is 15.1. The minimum atomic E-state index is 0.584. The molecular weight excluding hydrogens is 244 g/mol. The summed E-state index contributed by atoms with van der Waals surface area (Å²) in [5.41, 5.74) is 10.6. The third-order valence-electron chi connectivity index (χ3n) is 3.64. The Labute approximate surface area is 122 Å². The molecule has 0 fully saturated rings. The van der Waals surface area contributed by atoms with E-state index in [1.807, 2.05) is 18.2 Å². The number of hydrogen-bond acceptors (Lipinski definition) is 2. The fraction of sp³-hybridized carbons (Fsp3) is 0.333. The van der Waals surface area contributed by atoms with Gasteiger partial charge in [-0.25, -0.2) is 0 Å². The van der Waals surface area contributed by atoms with Gasteiger partial charge in [-0.3, -0.25) is 0 Å². The molecule has 2 heteroatoms. The van der Waals surface area contributed by atoms with Gasteiger partial charge in [0.2, 0.25) is 0 Å². The Morgan fingerprint density at radius 2 is 1.75 bits per heavy atom. The zero-order valence-corrected chi connectivity index (χ0v) is 12.6. The van der Waals surface area contributed by atoms with E-state index in [1.165, 1.54) is 16.8 Å². The summed E-state index contributed by atoms with van der Waals surface area (Å²) in [7, 11) is 0. The van der Waals surface area contributed by atoms with Crippen molar-refractivity contribution in [3.63, 3.8) is 0 Å². The molecule has 2 rings (SSSR count). The standard InChI is InChI=1S/C18H24N2/c1-4-20(18-7-5-6-17(19)12-18)13-15-8-10-16(11-9-15)14(2)3/h5-12,14H,4,13,19H2,1-3H3. The van der Waals surface area contributed by atoms with E-state index in [9.17, 15) is 0 Å². The molecule has 0 heterocycles. The molecule has 2 aromatic rings. The Hall–Kier alpha value is -1.96. The largest absolute Gasteiger partial charge is 0.399 e. The van der Waals surface area contributed by atoms with Crippen LogP contribution < -0.4 is 10.6 Å². The fourth-order valence-electron chi connectivity index (χ4n) is 2.34. The normalized spacial score (nSPS) is 10.8. The quantitative estimate of drug-likeness (QED) is 0.813. The number of rotatable bonds is 5. The van der Waals surface area contributed by atoms with Crippen LogP contribution in [0, 0.1) is 0 Å². The van der Waals surface area contributed by atoms with Crippen molar-refractivity contribution in [2.24, 2.45) is 0 Å². The summed E-state index contributed by atoms with van der Waals surface area (Å²) in [6.45, 7) is 8.50.